The van der Waals surface area contributed by atoms with E-state index in [4.69, 9.17) is 5.11 Å². The van der Waals surface area contributed by atoms with Gasteiger partial charge in [0.05, 0.1) is 5.60 Å². The van der Waals surface area contributed by atoms with Gasteiger partial charge in [0, 0.05) is 6.43 Å². The molecule has 0 saturated carbocycles. The van der Waals surface area contributed by atoms with Crippen LogP contribution >= 0.6 is 0 Å². The van der Waals surface area contributed by atoms with Gasteiger partial charge in [0.25, 0.3) is 0 Å². The average molecular weight is 488 g/mol. The van der Waals surface area contributed by atoms with Crippen molar-refractivity contribution in [3.8, 4) is 0 Å². The SMILES string of the molecule is CC[CH-]CC(O)([C-](F)F)C(F)(F)F.[CH2-]F.[Cf]. The van der Waals surface area contributed by atoms with Crippen LogP contribution in [0.25, 0.3) is 0 Å². The van der Waals surface area contributed by atoms with Crippen LogP contribution in [0.3, 0.4) is 0 Å². The van der Waals surface area contributed by atoms with Crippen molar-refractivity contribution in [2.45, 2.75) is 31.5 Å². The van der Waals surface area contributed by atoms with Crippen LogP contribution < -0.4 is 0 Å². The van der Waals surface area contributed by atoms with E-state index in [1.54, 1.807) is 7.18 Å². The predicted octanol–water partition coefficient (Wildman–Crippen LogP) is 3.46. The number of aliphatic hydroxyl groups is 1. The third-order valence-corrected chi connectivity index (χ3v) is 1.51. The molecule has 0 aliphatic carbocycles. The van der Waals surface area contributed by atoms with Crippen molar-refractivity contribution in [2.24, 2.45) is 0 Å². The molecule has 0 aromatic heterocycles. The van der Waals surface area contributed by atoms with Gasteiger partial charge in [-0.2, -0.15) is 33.2 Å². The Morgan fingerprint density at radius 2 is 1.62 bits per heavy atom. The van der Waals surface area contributed by atoms with E-state index in [0.29, 0.717) is 0 Å². The molecule has 0 aliphatic rings. The van der Waals surface area contributed by atoms with E-state index < -0.39 is 24.6 Å². The zero-order chi connectivity index (χ0) is 12.7. The largest absolute Gasteiger partial charge is 0.463 e. The summed E-state index contributed by atoms with van der Waals surface area (Å²) in [5.41, 5.74) is -3.98. The number of alkyl halides is 3. The third kappa shape index (κ3) is 4.86. The number of unbranched alkanes of at least 4 members (excludes halogenated alkanes) is 1. The monoisotopic (exact) mass is 486 g/mol. The molecule has 0 amide bonds. The maximum Gasteiger partial charge on any atom is 0.392 e. The molecule has 0 spiro atoms. The summed E-state index contributed by atoms with van der Waals surface area (Å²) in [5, 5.41) is 8.61. The van der Waals surface area contributed by atoms with Gasteiger partial charge < -0.3 is 24.7 Å². The van der Waals surface area contributed by atoms with Crippen LogP contribution in [0.4, 0.5) is 26.3 Å². The van der Waals surface area contributed by atoms with E-state index in [2.05, 4.69) is 0 Å². The summed E-state index contributed by atoms with van der Waals surface area (Å²) in [7, 11) is 1.75. The van der Waals surface area contributed by atoms with E-state index in [0.717, 1.165) is 6.42 Å². The quantitative estimate of drug-likeness (QED) is 0.475. The van der Waals surface area contributed by atoms with Crippen molar-refractivity contribution in [3.63, 3.8) is 0 Å². The summed E-state index contributed by atoms with van der Waals surface area (Å²) in [6.07, 6.45) is -8.34. The average Bonchev–Trinajstić information content (AvgIpc) is 2.15. The van der Waals surface area contributed by atoms with Crippen LogP contribution in [0.5, 0.6) is 0 Å². The van der Waals surface area contributed by atoms with E-state index in [1.165, 1.54) is 6.92 Å². The Bertz CT molecular complexity index is 163. The van der Waals surface area contributed by atoms with Crippen LogP contribution in [-0.4, -0.2) is 16.9 Å². The molecular formula is C8H11CfF6O-3. The number of halogens is 6. The van der Waals surface area contributed by atoms with Crippen molar-refractivity contribution in [1.29, 1.82) is 0 Å². The first kappa shape index (κ1) is 20.0. The molecule has 1 N–H and O–H groups in total. The smallest absolute Gasteiger partial charge is 0.392 e. The maximum atomic E-state index is 11.9. The molecule has 16 heavy (non-hydrogen) atoms. The zero-order valence-electron chi connectivity index (χ0n) is 8.23. The van der Waals surface area contributed by atoms with Gasteiger partial charge in [-0.15, -0.1) is 0 Å². The molecule has 0 radical (unpaired) electrons. The minimum Gasteiger partial charge on any atom is -0.463 e. The molecule has 0 rings (SSSR count). The maximum absolute atomic E-state index is 11.9. The van der Waals surface area contributed by atoms with E-state index in [1.807, 2.05) is 0 Å². The molecule has 0 aromatic carbocycles. The fraction of sp³-hybridized carbons (Fsp3) is 0.625. The number of rotatable bonds is 4. The molecule has 0 aliphatic heterocycles. The van der Waals surface area contributed by atoms with E-state index in [-0.39, 0.29) is 6.42 Å². The van der Waals surface area contributed by atoms with Crippen molar-refractivity contribution in [1.82, 2.24) is 0 Å². The second kappa shape index (κ2) is 7.78. The Morgan fingerprint density at radius 3 is 1.81 bits per heavy atom. The third-order valence-electron chi connectivity index (χ3n) is 1.51. The van der Waals surface area contributed by atoms with Gasteiger partial charge in [0.1, 0.15) is 0 Å². The molecule has 0 aromatic rings. The standard InChI is InChI=1S/C7H9F5O.CH2F.Cf/c1-2-3-4-6(13,5(8)9)7(10,11)12;1-2;/h3,13H,2,4H2,1H3;1H2;/q-2;-1;. The van der Waals surface area contributed by atoms with Crippen molar-refractivity contribution in [2.75, 3.05) is 0 Å². The van der Waals surface area contributed by atoms with Gasteiger partial charge in [0.2, 0.25) is 0 Å². The van der Waals surface area contributed by atoms with Crippen molar-refractivity contribution < 1.29 is 31.4 Å². The normalized spacial score (nSPS) is 14.6. The molecule has 8 heteroatoms. The second-order valence-corrected chi connectivity index (χ2v) is 2.52. The van der Waals surface area contributed by atoms with Gasteiger partial charge in [-0.1, -0.05) is 6.92 Å². The minimum absolute atomic E-state index is 0. The number of hydrogen-bond acceptors (Lipinski definition) is 1. The van der Waals surface area contributed by atoms with E-state index in [9.17, 15) is 26.3 Å². The van der Waals surface area contributed by atoms with Gasteiger partial charge >= 0.3 is 6.18 Å². The molecule has 0 saturated heterocycles. The Balaban J connectivity index is -0.000000529. The molecule has 0 heterocycles. The molecule has 1 nitrogen and oxygen atoms in total. The predicted molar refractivity (Wildman–Crippen MR) is 42.1 cm³/mol. The Hall–Kier alpha value is -1.46. The van der Waals surface area contributed by atoms with Crippen molar-refractivity contribution in [3.05, 3.63) is 20.0 Å². The Labute approximate surface area is 84.1 Å². The summed E-state index contributed by atoms with van der Waals surface area (Å²) >= 11 is 0. The van der Waals surface area contributed by atoms with Crippen LogP contribution in [0.1, 0.15) is 19.8 Å². The molecule has 0 bridgehead atoms. The van der Waals surface area contributed by atoms with Gasteiger partial charge in [0.15, 0.2) is 0 Å². The van der Waals surface area contributed by atoms with E-state index >= 15 is 0 Å². The molecular weight excluding hydrogens is 477 g/mol. The van der Waals surface area contributed by atoms with Crippen LogP contribution in [0.2, 0.25) is 0 Å². The Morgan fingerprint density at radius 1 is 1.25 bits per heavy atom. The molecule has 1 atom stereocenters. The Kier molecular flexibility index (Phi) is 9.74. The van der Waals surface area contributed by atoms with Gasteiger partial charge in [-0.3, -0.25) is 0 Å². The van der Waals surface area contributed by atoms with Crippen molar-refractivity contribution >= 4 is 0 Å². The second-order valence-electron chi connectivity index (χ2n) is 2.52. The summed E-state index contributed by atoms with van der Waals surface area (Å²) in [6.45, 7) is 1.49. The summed E-state index contributed by atoms with van der Waals surface area (Å²) in [6, 6.07) is 0. The van der Waals surface area contributed by atoms with Gasteiger partial charge in [-0.05, 0) is 0 Å². The topological polar surface area (TPSA) is 20.2 Å². The fourth-order valence-corrected chi connectivity index (χ4v) is 0.653. The summed E-state index contributed by atoms with van der Waals surface area (Å²) < 4.78 is 68.6. The fourth-order valence-electron chi connectivity index (χ4n) is 0.653. The van der Waals surface area contributed by atoms with Crippen LogP contribution in [0, 0.1) is 20.0 Å². The number of hydrogen-bond donors (Lipinski definition) is 1. The minimum atomic E-state index is -5.34. The zero-order valence-corrected chi connectivity index (χ0v) is 10.9. The summed E-state index contributed by atoms with van der Waals surface area (Å²) in [4.78, 5) is 0. The first-order valence-electron chi connectivity index (χ1n) is 3.81. The summed E-state index contributed by atoms with van der Waals surface area (Å²) in [5.74, 6) is 0. The van der Waals surface area contributed by atoms with Crippen LogP contribution in [0.15, 0.2) is 0 Å². The van der Waals surface area contributed by atoms with Gasteiger partial charge in [-0.25, -0.2) is 0 Å². The molecule has 104 valence electrons. The van der Waals surface area contributed by atoms with Crippen LogP contribution in [-0.2, 0) is 0 Å². The first-order chi connectivity index (χ1) is 6.75. The molecule has 1 unspecified atom stereocenters. The molecule has 0 fully saturated rings. The first-order valence-corrected chi connectivity index (χ1v) is 3.81.